The molecule has 8 heteroatoms. The van der Waals surface area contributed by atoms with Crippen LogP contribution in [-0.2, 0) is 4.79 Å². The van der Waals surface area contributed by atoms with Crippen LogP contribution in [-0.4, -0.2) is 24.7 Å². The zero-order valence-electron chi connectivity index (χ0n) is 17.0. The van der Waals surface area contributed by atoms with Gasteiger partial charge < -0.3 is 10.1 Å². The molecule has 1 aliphatic carbocycles. The van der Waals surface area contributed by atoms with Gasteiger partial charge in [0.25, 0.3) is 0 Å². The summed E-state index contributed by atoms with van der Waals surface area (Å²) in [6.07, 6.45) is 14.5. The minimum Gasteiger partial charge on any atom is -0.495 e. The van der Waals surface area contributed by atoms with Crippen LogP contribution >= 0.6 is 0 Å². The third-order valence-electron chi connectivity index (χ3n) is 3.88. The monoisotopic (exact) mass is 411 g/mol. The van der Waals surface area contributed by atoms with Crippen molar-refractivity contribution in [2.45, 2.75) is 52.6 Å². The highest BCUT2D eigenvalue weighted by Gasteiger charge is 2.11. The Labute approximate surface area is 170 Å². The van der Waals surface area contributed by atoms with Crippen LogP contribution in [0.4, 0.5) is 19.0 Å². The molecule has 1 fully saturated rings. The Bertz CT molecular complexity index is 692. The summed E-state index contributed by atoms with van der Waals surface area (Å²) in [6.45, 7) is 0.333. The Morgan fingerprint density at radius 2 is 1.93 bits per heavy atom. The molecule has 1 heterocycles. The van der Waals surface area contributed by atoms with E-state index in [1.54, 1.807) is 25.4 Å². The maximum Gasteiger partial charge on any atom is 0.379 e. The second kappa shape index (κ2) is 16.2. The summed E-state index contributed by atoms with van der Waals surface area (Å²) in [5, 5.41) is 11.1. The summed E-state index contributed by atoms with van der Waals surface area (Å²) in [6, 6.07) is 3.55. The van der Waals surface area contributed by atoms with Gasteiger partial charge in [0.2, 0.25) is 5.91 Å². The predicted molar refractivity (Wildman–Crippen MR) is 108 cm³/mol. The topological polar surface area (TPSA) is 75.0 Å². The molecule has 0 atom stereocenters. The minimum atomic E-state index is -3.67. The van der Waals surface area contributed by atoms with Crippen molar-refractivity contribution in [3.8, 4) is 11.8 Å². The van der Waals surface area contributed by atoms with E-state index < -0.39 is 6.68 Å². The van der Waals surface area contributed by atoms with Crippen molar-refractivity contribution in [2.24, 2.45) is 5.92 Å². The van der Waals surface area contributed by atoms with Gasteiger partial charge in [-0.1, -0.05) is 45.3 Å². The van der Waals surface area contributed by atoms with Gasteiger partial charge in [-0.2, -0.15) is 18.4 Å². The summed E-state index contributed by atoms with van der Waals surface area (Å²) in [7, 11) is 1.60. The van der Waals surface area contributed by atoms with Crippen LogP contribution < -0.4 is 10.1 Å². The number of rotatable bonds is 5. The number of nitrogens with one attached hydrogen (secondary N) is 1. The Morgan fingerprint density at radius 1 is 1.31 bits per heavy atom. The van der Waals surface area contributed by atoms with Crippen molar-refractivity contribution in [3.05, 3.63) is 36.1 Å². The number of methoxy groups -OCH3 is 1. The van der Waals surface area contributed by atoms with Crippen LogP contribution in [0.15, 0.2) is 30.5 Å². The molecule has 0 bridgehead atoms. The average molecular weight is 411 g/mol. The number of hydrogen-bond acceptors (Lipinski definition) is 4. The molecule has 2 rings (SSSR count). The number of amides is 1. The van der Waals surface area contributed by atoms with E-state index in [2.05, 4.69) is 16.4 Å². The number of anilines is 1. The lowest BCUT2D eigenvalue weighted by Crippen LogP contribution is -2.09. The number of carbonyl (C=O) groups excluding carboxylic acids is 1. The van der Waals surface area contributed by atoms with Crippen molar-refractivity contribution in [1.29, 1.82) is 5.26 Å². The van der Waals surface area contributed by atoms with E-state index in [4.69, 9.17) is 10.00 Å². The standard InChI is InChI=1S/C18H21N3O2.C2H6.CHF3/c1-23-16-13-20-17(21-18(22)8-5-11-19)12-15(16)10-9-14-6-3-2-4-7-14;1-2;2-1(3)4/h5,8-10,12-14H,2-4,6-7H2,1H3,(H,20,21,22);1-2H3;1H/b8-5+,10-9+;;. The molecular formula is C21H28F3N3O2. The number of ether oxygens (including phenoxy) is 1. The molecule has 0 saturated heterocycles. The largest absolute Gasteiger partial charge is 0.495 e. The summed E-state index contributed by atoms with van der Waals surface area (Å²) >= 11 is 0. The van der Waals surface area contributed by atoms with Gasteiger partial charge in [0.1, 0.15) is 11.6 Å². The first kappa shape index (κ1) is 26.2. The number of pyridine rings is 1. The van der Waals surface area contributed by atoms with Crippen LogP contribution in [0, 0.1) is 17.2 Å². The zero-order valence-corrected chi connectivity index (χ0v) is 17.0. The lowest BCUT2D eigenvalue weighted by molar-refractivity contribution is -0.111. The van der Waals surface area contributed by atoms with Gasteiger partial charge in [-0.25, -0.2) is 4.98 Å². The molecular weight excluding hydrogens is 383 g/mol. The summed E-state index contributed by atoms with van der Waals surface area (Å²) in [4.78, 5) is 15.7. The normalized spacial score (nSPS) is 13.9. The number of carbonyl (C=O) groups is 1. The molecule has 5 nitrogen and oxygen atoms in total. The summed E-state index contributed by atoms with van der Waals surface area (Å²) in [5.41, 5.74) is 0.882. The molecule has 0 radical (unpaired) electrons. The molecule has 1 aromatic rings. The molecule has 0 unspecified atom stereocenters. The van der Waals surface area contributed by atoms with Crippen LogP contribution in [0.2, 0.25) is 0 Å². The lowest BCUT2D eigenvalue weighted by Gasteiger charge is -2.18. The summed E-state index contributed by atoms with van der Waals surface area (Å²) < 4.78 is 34.3. The SMILES string of the molecule is CC.COc1cnc(NC(=O)/C=C/C#N)cc1/C=C/C1CCCCC1.FC(F)F. The van der Waals surface area contributed by atoms with Gasteiger partial charge in [-0.15, -0.1) is 0 Å². The van der Waals surface area contributed by atoms with Crippen molar-refractivity contribution in [3.63, 3.8) is 0 Å². The highest BCUT2D eigenvalue weighted by molar-refractivity contribution is 5.99. The first-order valence-electron chi connectivity index (χ1n) is 9.48. The number of nitriles is 1. The summed E-state index contributed by atoms with van der Waals surface area (Å²) in [5.74, 6) is 1.33. The van der Waals surface area contributed by atoms with Gasteiger partial charge in [-0.05, 0) is 24.8 Å². The Balaban J connectivity index is 0.00000116. The van der Waals surface area contributed by atoms with Crippen LogP contribution in [0.25, 0.3) is 6.08 Å². The molecule has 1 aromatic heterocycles. The van der Waals surface area contributed by atoms with Crippen LogP contribution in [0.3, 0.4) is 0 Å². The second-order valence-electron chi connectivity index (χ2n) is 5.77. The first-order chi connectivity index (χ1) is 14.0. The first-order valence-corrected chi connectivity index (χ1v) is 9.48. The Morgan fingerprint density at radius 3 is 2.48 bits per heavy atom. The van der Waals surface area contributed by atoms with E-state index >= 15 is 0 Å². The molecule has 160 valence electrons. The molecule has 0 aliphatic heterocycles. The maximum atomic E-state index is 11.6. The quantitative estimate of drug-likeness (QED) is 0.483. The van der Waals surface area contributed by atoms with Gasteiger partial charge >= 0.3 is 6.68 Å². The van der Waals surface area contributed by atoms with E-state index in [1.165, 1.54) is 38.2 Å². The van der Waals surface area contributed by atoms with E-state index in [0.717, 1.165) is 11.6 Å². The van der Waals surface area contributed by atoms with Crippen LogP contribution in [0.5, 0.6) is 5.75 Å². The fourth-order valence-electron chi connectivity index (χ4n) is 2.67. The highest BCUT2D eigenvalue weighted by Crippen LogP contribution is 2.27. The van der Waals surface area contributed by atoms with E-state index in [9.17, 15) is 18.0 Å². The van der Waals surface area contributed by atoms with Crippen LogP contribution in [0.1, 0.15) is 51.5 Å². The molecule has 1 N–H and O–H groups in total. The maximum absolute atomic E-state index is 11.6. The smallest absolute Gasteiger partial charge is 0.379 e. The van der Waals surface area contributed by atoms with E-state index in [1.807, 2.05) is 19.9 Å². The molecule has 1 amide bonds. The Kier molecular flexibility index (Phi) is 14.6. The zero-order chi connectivity index (χ0) is 22.1. The fourth-order valence-corrected chi connectivity index (χ4v) is 2.67. The molecule has 1 aliphatic rings. The number of hydrogen-bond donors (Lipinski definition) is 1. The van der Waals surface area contributed by atoms with E-state index in [-0.39, 0.29) is 5.91 Å². The fraction of sp³-hybridized carbons (Fsp3) is 0.476. The average Bonchev–Trinajstić information content (AvgIpc) is 2.72. The van der Waals surface area contributed by atoms with Crippen molar-refractivity contribution in [1.82, 2.24) is 4.98 Å². The molecule has 0 spiro atoms. The van der Waals surface area contributed by atoms with Crippen molar-refractivity contribution < 1.29 is 22.7 Å². The number of nitrogens with zero attached hydrogens (tertiary/aromatic N) is 2. The lowest BCUT2D eigenvalue weighted by atomic mass is 9.89. The second-order valence-corrected chi connectivity index (χ2v) is 5.77. The number of alkyl halides is 3. The van der Waals surface area contributed by atoms with Gasteiger partial charge in [0, 0.05) is 17.7 Å². The predicted octanol–water partition coefficient (Wildman–Crippen LogP) is 5.91. The van der Waals surface area contributed by atoms with Crippen molar-refractivity contribution in [2.75, 3.05) is 12.4 Å². The van der Waals surface area contributed by atoms with Crippen molar-refractivity contribution >= 4 is 17.8 Å². The third kappa shape index (κ3) is 12.3. The third-order valence-corrected chi connectivity index (χ3v) is 3.88. The molecule has 1 saturated carbocycles. The number of aromatic nitrogens is 1. The van der Waals surface area contributed by atoms with Gasteiger partial charge in [0.15, 0.2) is 0 Å². The van der Waals surface area contributed by atoms with Gasteiger partial charge in [0.05, 0.1) is 19.4 Å². The molecule has 0 aromatic carbocycles. The highest BCUT2D eigenvalue weighted by atomic mass is 19.4. The van der Waals surface area contributed by atoms with E-state index in [0.29, 0.717) is 17.5 Å². The van der Waals surface area contributed by atoms with Gasteiger partial charge in [-0.3, -0.25) is 4.79 Å². The molecule has 29 heavy (non-hydrogen) atoms. The number of allylic oxidation sites excluding steroid dienone is 2. The Hall–Kier alpha value is -2.82. The number of halogens is 3. The minimum absolute atomic E-state index is 0.383.